The van der Waals surface area contributed by atoms with E-state index in [0.29, 0.717) is 11.8 Å². The highest BCUT2D eigenvalue weighted by Crippen LogP contribution is 2.41. The van der Waals surface area contributed by atoms with Gasteiger partial charge in [0, 0.05) is 5.71 Å². The maximum Gasteiger partial charge on any atom is 0.0960 e. The van der Waals surface area contributed by atoms with E-state index in [1.807, 2.05) is 0 Å². The van der Waals surface area contributed by atoms with Crippen molar-refractivity contribution in [2.75, 3.05) is 0 Å². The van der Waals surface area contributed by atoms with E-state index in [0.717, 1.165) is 12.8 Å². The van der Waals surface area contributed by atoms with Crippen LogP contribution in [0.1, 0.15) is 48.4 Å². The standard InChI is InChI=1S/C57H45N/c1-38-35-49(40-13-5-3-6-14-40)36-39(2)57(58-56(38)46-15-7-4-8-16-46)47-31-29-44(30-32-47)42-23-21-41(22-24-42)43-25-27-45(28-26-43)48-33-34-54-52-19-10-9-17-50(52)51-18-11-12-20-53(51)55(54)37-48/h3-34,37-38,49,57H,2,35-36H2,1H3/b58-56+. The molecule has 9 aromatic carbocycles. The third kappa shape index (κ3) is 6.73. The lowest BCUT2D eigenvalue weighted by Crippen LogP contribution is -2.21. The molecule has 58 heavy (non-hydrogen) atoms. The largest absolute Gasteiger partial charge is 0.276 e. The first-order valence-electron chi connectivity index (χ1n) is 20.6. The molecule has 3 atom stereocenters. The summed E-state index contributed by atoms with van der Waals surface area (Å²) in [5.74, 6) is 0.715. The van der Waals surface area contributed by atoms with E-state index in [4.69, 9.17) is 4.99 Å². The molecule has 0 saturated carbocycles. The predicted octanol–water partition coefficient (Wildman–Crippen LogP) is 15.4. The summed E-state index contributed by atoms with van der Waals surface area (Å²) < 4.78 is 0. The average Bonchev–Trinajstić information content (AvgIpc) is 3.29. The highest BCUT2D eigenvalue weighted by Gasteiger charge is 2.28. The molecule has 0 radical (unpaired) electrons. The van der Waals surface area contributed by atoms with Crippen molar-refractivity contribution in [2.45, 2.75) is 31.7 Å². The number of fused-ring (bicyclic) bond motifs is 6. The summed E-state index contributed by atoms with van der Waals surface area (Å²) in [6, 6.07) is 73.0. The fourth-order valence-corrected chi connectivity index (χ4v) is 9.32. The van der Waals surface area contributed by atoms with Gasteiger partial charge in [-0.1, -0.05) is 208 Å². The molecular formula is C57H45N. The maximum atomic E-state index is 5.49. The lowest BCUT2D eigenvalue weighted by Gasteiger charge is -2.30. The quantitative estimate of drug-likeness (QED) is 0.119. The van der Waals surface area contributed by atoms with Crippen LogP contribution in [0, 0.1) is 5.92 Å². The molecule has 10 rings (SSSR count). The number of hydrogen-bond donors (Lipinski definition) is 0. The third-order valence-corrected chi connectivity index (χ3v) is 12.3. The second kappa shape index (κ2) is 15.3. The van der Waals surface area contributed by atoms with Gasteiger partial charge in [-0.05, 0) is 119 Å². The summed E-state index contributed by atoms with van der Waals surface area (Å²) in [7, 11) is 0. The van der Waals surface area contributed by atoms with Crippen LogP contribution < -0.4 is 0 Å². The van der Waals surface area contributed by atoms with Crippen molar-refractivity contribution in [3.8, 4) is 33.4 Å². The first-order chi connectivity index (χ1) is 28.6. The van der Waals surface area contributed by atoms with Crippen LogP contribution in [-0.4, -0.2) is 5.71 Å². The van der Waals surface area contributed by atoms with Crippen molar-refractivity contribution >= 4 is 38.0 Å². The van der Waals surface area contributed by atoms with Crippen LogP contribution >= 0.6 is 0 Å². The first-order valence-corrected chi connectivity index (χ1v) is 20.6. The van der Waals surface area contributed by atoms with Gasteiger partial charge in [-0.15, -0.1) is 0 Å². The summed E-state index contributed by atoms with van der Waals surface area (Å²) in [6.45, 7) is 7.00. The number of benzene rings is 9. The molecular weight excluding hydrogens is 699 g/mol. The lowest BCUT2D eigenvalue weighted by molar-refractivity contribution is 0.524. The van der Waals surface area contributed by atoms with Crippen LogP contribution in [0.15, 0.2) is 217 Å². The van der Waals surface area contributed by atoms with Crippen molar-refractivity contribution in [3.05, 3.63) is 229 Å². The topological polar surface area (TPSA) is 12.4 Å². The van der Waals surface area contributed by atoms with E-state index in [2.05, 4.69) is 214 Å². The number of aliphatic imine (C=N–C) groups is 1. The van der Waals surface area contributed by atoms with Crippen molar-refractivity contribution in [1.82, 2.24) is 0 Å². The predicted molar refractivity (Wildman–Crippen MR) is 248 cm³/mol. The van der Waals surface area contributed by atoms with Gasteiger partial charge < -0.3 is 0 Å². The molecule has 1 heterocycles. The smallest absolute Gasteiger partial charge is 0.0960 e. The average molecular weight is 744 g/mol. The summed E-state index contributed by atoms with van der Waals surface area (Å²) in [4.78, 5) is 5.49. The zero-order valence-electron chi connectivity index (χ0n) is 32.9. The molecule has 0 bridgehead atoms. The van der Waals surface area contributed by atoms with E-state index in [9.17, 15) is 0 Å². The zero-order valence-corrected chi connectivity index (χ0v) is 32.9. The molecule has 0 fully saturated rings. The Kier molecular flexibility index (Phi) is 9.36. The van der Waals surface area contributed by atoms with E-state index >= 15 is 0 Å². The van der Waals surface area contributed by atoms with Gasteiger partial charge in [0.2, 0.25) is 0 Å². The molecule has 1 aliphatic heterocycles. The molecule has 1 aliphatic rings. The molecule has 0 saturated heterocycles. The first kappa shape index (κ1) is 35.6. The van der Waals surface area contributed by atoms with E-state index in [-0.39, 0.29) is 6.04 Å². The van der Waals surface area contributed by atoms with Crippen LogP contribution in [0.25, 0.3) is 65.7 Å². The molecule has 1 heteroatoms. The fraction of sp³-hybridized carbons (Fsp3) is 0.105. The summed E-state index contributed by atoms with van der Waals surface area (Å²) >= 11 is 0. The Hall–Kier alpha value is -6.83. The van der Waals surface area contributed by atoms with Gasteiger partial charge >= 0.3 is 0 Å². The van der Waals surface area contributed by atoms with Crippen LogP contribution in [0.4, 0.5) is 0 Å². The van der Waals surface area contributed by atoms with Crippen molar-refractivity contribution < 1.29 is 0 Å². The van der Waals surface area contributed by atoms with Gasteiger partial charge in [0.25, 0.3) is 0 Å². The zero-order chi connectivity index (χ0) is 39.0. The number of rotatable bonds is 6. The van der Waals surface area contributed by atoms with Crippen molar-refractivity contribution in [3.63, 3.8) is 0 Å². The second-order valence-electron chi connectivity index (χ2n) is 16.0. The minimum atomic E-state index is -0.0996. The Morgan fingerprint density at radius 3 is 1.34 bits per heavy atom. The van der Waals surface area contributed by atoms with E-state index in [1.165, 1.54) is 93.7 Å². The second-order valence-corrected chi connectivity index (χ2v) is 16.0. The number of hydrogen-bond acceptors (Lipinski definition) is 1. The Morgan fingerprint density at radius 2 is 0.810 bits per heavy atom. The molecule has 0 spiro atoms. The SMILES string of the molecule is C=C1CC(c2ccccc2)CC(C)/C(c2ccccc2)=N\C1c1ccc(-c2ccc(-c3ccc(-c4ccc5c6ccccc6c6ccccc6c5c4)cc3)cc2)cc1. The molecule has 1 nitrogen and oxygen atoms in total. The molecule has 278 valence electrons. The lowest BCUT2D eigenvalue weighted by atomic mass is 9.78. The van der Waals surface area contributed by atoms with E-state index < -0.39 is 0 Å². The molecule has 3 unspecified atom stereocenters. The van der Waals surface area contributed by atoms with Crippen molar-refractivity contribution in [1.29, 1.82) is 0 Å². The van der Waals surface area contributed by atoms with Gasteiger partial charge in [-0.3, -0.25) is 4.99 Å². The monoisotopic (exact) mass is 743 g/mol. The fourth-order valence-electron chi connectivity index (χ4n) is 9.32. The van der Waals surface area contributed by atoms with Gasteiger partial charge in [0.15, 0.2) is 0 Å². The minimum Gasteiger partial charge on any atom is -0.276 e. The Labute approximate surface area is 341 Å². The Morgan fingerprint density at radius 1 is 0.397 bits per heavy atom. The van der Waals surface area contributed by atoms with Gasteiger partial charge in [-0.25, -0.2) is 0 Å². The van der Waals surface area contributed by atoms with Crippen LogP contribution in [0.5, 0.6) is 0 Å². The Bertz CT molecular complexity index is 2900. The molecule has 0 amide bonds. The third-order valence-electron chi connectivity index (χ3n) is 12.3. The molecule has 9 aromatic rings. The highest BCUT2D eigenvalue weighted by atomic mass is 14.8. The van der Waals surface area contributed by atoms with Gasteiger partial charge in [0.05, 0.1) is 6.04 Å². The van der Waals surface area contributed by atoms with Crippen LogP contribution in [0.3, 0.4) is 0 Å². The summed E-state index contributed by atoms with van der Waals surface area (Å²) in [5, 5.41) is 7.81. The Balaban J connectivity index is 0.903. The summed E-state index contributed by atoms with van der Waals surface area (Å²) in [5.41, 5.74) is 13.4. The minimum absolute atomic E-state index is 0.0996. The number of nitrogens with zero attached hydrogens (tertiary/aromatic N) is 1. The van der Waals surface area contributed by atoms with Crippen molar-refractivity contribution in [2.24, 2.45) is 10.9 Å². The van der Waals surface area contributed by atoms with E-state index in [1.54, 1.807) is 0 Å². The molecule has 0 aliphatic carbocycles. The van der Waals surface area contributed by atoms with Crippen LogP contribution in [0.2, 0.25) is 0 Å². The maximum absolute atomic E-state index is 5.49. The normalized spacial score (nSPS) is 18.1. The highest BCUT2D eigenvalue weighted by molar-refractivity contribution is 6.25. The molecule has 0 aromatic heterocycles. The van der Waals surface area contributed by atoms with Crippen LogP contribution in [-0.2, 0) is 0 Å². The summed E-state index contributed by atoms with van der Waals surface area (Å²) in [6.07, 6.45) is 1.97. The molecule has 0 N–H and O–H groups in total. The van der Waals surface area contributed by atoms with Gasteiger partial charge in [-0.2, -0.15) is 0 Å². The van der Waals surface area contributed by atoms with Gasteiger partial charge in [0.1, 0.15) is 0 Å².